The Morgan fingerprint density at radius 2 is 1.56 bits per heavy atom. The monoisotopic (exact) mass is 224 g/mol. The summed E-state index contributed by atoms with van der Waals surface area (Å²) < 4.78 is 5.35. The average molecular weight is 224 g/mol. The molecule has 2 nitrogen and oxygen atoms in total. The number of hydrogen-bond acceptors (Lipinski definition) is 2. The van der Waals surface area contributed by atoms with Crippen molar-refractivity contribution >= 4 is 5.78 Å². The van der Waals surface area contributed by atoms with Crippen LogP contribution in [0.4, 0.5) is 0 Å². The highest BCUT2D eigenvalue weighted by Gasteiger charge is 2.00. The van der Waals surface area contributed by atoms with Crippen molar-refractivity contribution in [3.8, 4) is 0 Å². The van der Waals surface area contributed by atoms with Crippen molar-refractivity contribution in [3.05, 3.63) is 12.2 Å². The normalized spacial score (nSPS) is 22.4. The van der Waals surface area contributed by atoms with E-state index in [4.69, 9.17) is 4.74 Å². The second kappa shape index (κ2) is 9.59. The summed E-state index contributed by atoms with van der Waals surface area (Å²) in [6.07, 6.45) is 14.7. The summed E-state index contributed by atoms with van der Waals surface area (Å²) in [6.45, 7) is 1.06. The number of hydrogen-bond donors (Lipinski definition) is 0. The van der Waals surface area contributed by atoms with Crippen LogP contribution >= 0.6 is 0 Å². The maximum atomic E-state index is 11.4. The lowest BCUT2D eigenvalue weighted by molar-refractivity contribution is -0.123. The zero-order chi connectivity index (χ0) is 11.5. The fraction of sp³-hybridized carbons (Fsp3) is 0.786. The van der Waals surface area contributed by atoms with E-state index in [1.807, 2.05) is 0 Å². The Morgan fingerprint density at radius 1 is 0.875 bits per heavy atom. The van der Waals surface area contributed by atoms with Gasteiger partial charge in [-0.1, -0.05) is 37.8 Å². The molecule has 0 bridgehead atoms. The van der Waals surface area contributed by atoms with E-state index in [0.717, 1.165) is 19.4 Å². The first-order valence-electron chi connectivity index (χ1n) is 6.64. The molecular weight excluding hydrogens is 200 g/mol. The molecule has 0 amide bonds. The van der Waals surface area contributed by atoms with Crippen LogP contribution in [-0.2, 0) is 9.53 Å². The lowest BCUT2D eigenvalue weighted by Gasteiger charge is -2.03. The topological polar surface area (TPSA) is 26.3 Å². The molecule has 1 aliphatic rings. The molecule has 2 heteroatoms. The minimum absolute atomic E-state index is 0.236. The van der Waals surface area contributed by atoms with E-state index < -0.39 is 0 Å². The number of ether oxygens (including phenoxy) is 1. The van der Waals surface area contributed by atoms with Gasteiger partial charge in [0.05, 0.1) is 0 Å². The van der Waals surface area contributed by atoms with E-state index in [2.05, 4.69) is 12.2 Å². The maximum Gasteiger partial charge on any atom is 0.158 e. The van der Waals surface area contributed by atoms with Crippen LogP contribution in [0.5, 0.6) is 0 Å². The van der Waals surface area contributed by atoms with Crippen LogP contribution in [0.3, 0.4) is 0 Å². The molecule has 0 saturated carbocycles. The fourth-order valence-electron chi connectivity index (χ4n) is 1.91. The number of Topliss-reactive ketones (excluding diaryl/α,β-unsaturated/α-hetero) is 1. The smallest absolute Gasteiger partial charge is 0.158 e. The van der Waals surface area contributed by atoms with Crippen LogP contribution in [-0.4, -0.2) is 19.0 Å². The molecule has 1 aliphatic heterocycles. The van der Waals surface area contributed by atoms with Gasteiger partial charge in [-0.3, -0.25) is 4.79 Å². The fourth-order valence-corrected chi connectivity index (χ4v) is 1.91. The molecule has 1 rings (SSSR count). The molecule has 0 aromatic carbocycles. The van der Waals surface area contributed by atoms with E-state index in [1.54, 1.807) is 0 Å². The first kappa shape index (κ1) is 13.4. The van der Waals surface area contributed by atoms with E-state index in [1.165, 1.54) is 38.5 Å². The Morgan fingerprint density at radius 3 is 2.44 bits per heavy atom. The number of carbonyl (C=O) groups excluding carboxylic acids is 1. The molecule has 0 atom stereocenters. The Bertz CT molecular complexity index is 209. The lowest BCUT2D eigenvalue weighted by atomic mass is 10.1. The summed E-state index contributed by atoms with van der Waals surface area (Å²) in [5, 5.41) is 0. The van der Waals surface area contributed by atoms with Crippen LogP contribution in [0.15, 0.2) is 12.2 Å². The van der Waals surface area contributed by atoms with Crippen molar-refractivity contribution in [1.29, 1.82) is 0 Å². The number of allylic oxidation sites excluding steroid dienone is 2. The summed E-state index contributed by atoms with van der Waals surface area (Å²) in [7, 11) is 0. The molecule has 0 fully saturated rings. The molecule has 0 N–H and O–H groups in total. The van der Waals surface area contributed by atoms with E-state index in [-0.39, 0.29) is 5.78 Å². The highest BCUT2D eigenvalue weighted by Crippen LogP contribution is 2.08. The lowest BCUT2D eigenvalue weighted by Crippen LogP contribution is -2.08. The van der Waals surface area contributed by atoms with E-state index in [0.29, 0.717) is 13.0 Å². The summed E-state index contributed by atoms with van der Waals surface area (Å²) in [4.78, 5) is 11.4. The quantitative estimate of drug-likeness (QED) is 0.587. The van der Waals surface area contributed by atoms with Gasteiger partial charge in [0.1, 0.15) is 6.61 Å². The Hall–Kier alpha value is -0.630. The molecule has 0 aromatic rings. The van der Waals surface area contributed by atoms with Gasteiger partial charge in [-0.05, 0) is 25.7 Å². The standard InChI is InChI=1S/C14H24O2/c15-14-11-9-7-5-3-1-2-4-6-8-10-12-16-13-14/h5,7H,1-4,6,8-13H2. The maximum absolute atomic E-state index is 11.4. The molecule has 92 valence electrons. The Kier molecular flexibility index (Phi) is 8.05. The molecule has 0 aromatic heterocycles. The largest absolute Gasteiger partial charge is 0.374 e. The van der Waals surface area contributed by atoms with Crippen LogP contribution < -0.4 is 0 Å². The van der Waals surface area contributed by atoms with Gasteiger partial charge in [0.25, 0.3) is 0 Å². The molecule has 0 radical (unpaired) electrons. The summed E-state index contributed by atoms with van der Waals surface area (Å²) >= 11 is 0. The van der Waals surface area contributed by atoms with E-state index >= 15 is 0 Å². The molecule has 0 unspecified atom stereocenters. The zero-order valence-corrected chi connectivity index (χ0v) is 10.2. The van der Waals surface area contributed by atoms with Gasteiger partial charge in [0.2, 0.25) is 0 Å². The van der Waals surface area contributed by atoms with Crippen molar-refractivity contribution in [3.63, 3.8) is 0 Å². The molecule has 16 heavy (non-hydrogen) atoms. The summed E-state index contributed by atoms with van der Waals surface area (Å²) in [5.41, 5.74) is 0. The van der Waals surface area contributed by atoms with Gasteiger partial charge in [-0.25, -0.2) is 0 Å². The average Bonchev–Trinajstić information content (AvgIpc) is 2.29. The van der Waals surface area contributed by atoms with Crippen LogP contribution in [0.1, 0.15) is 57.8 Å². The number of ketones is 1. The first-order chi connectivity index (χ1) is 7.89. The molecular formula is C14H24O2. The second-order valence-corrected chi connectivity index (χ2v) is 4.51. The van der Waals surface area contributed by atoms with E-state index in [9.17, 15) is 4.79 Å². The molecule has 0 saturated heterocycles. The van der Waals surface area contributed by atoms with Gasteiger partial charge >= 0.3 is 0 Å². The van der Waals surface area contributed by atoms with Gasteiger partial charge < -0.3 is 4.74 Å². The minimum Gasteiger partial charge on any atom is -0.374 e. The van der Waals surface area contributed by atoms with Crippen molar-refractivity contribution < 1.29 is 9.53 Å². The number of rotatable bonds is 0. The predicted molar refractivity (Wildman–Crippen MR) is 66.5 cm³/mol. The van der Waals surface area contributed by atoms with Gasteiger partial charge in [-0.2, -0.15) is 0 Å². The molecule has 1 heterocycles. The Labute approximate surface area is 99.1 Å². The van der Waals surface area contributed by atoms with Crippen LogP contribution in [0.25, 0.3) is 0 Å². The second-order valence-electron chi connectivity index (χ2n) is 4.51. The van der Waals surface area contributed by atoms with Crippen molar-refractivity contribution in [2.45, 2.75) is 57.8 Å². The minimum atomic E-state index is 0.236. The third kappa shape index (κ3) is 7.63. The van der Waals surface area contributed by atoms with Gasteiger partial charge in [-0.15, -0.1) is 0 Å². The van der Waals surface area contributed by atoms with Crippen molar-refractivity contribution in [1.82, 2.24) is 0 Å². The molecule has 0 aliphatic carbocycles. The summed E-state index contributed by atoms with van der Waals surface area (Å²) in [6, 6.07) is 0. The highest BCUT2D eigenvalue weighted by atomic mass is 16.5. The van der Waals surface area contributed by atoms with Gasteiger partial charge in [0.15, 0.2) is 5.78 Å². The SMILES string of the molecule is O=C1CCC=CCCCCCCCCOC1. The first-order valence-corrected chi connectivity index (χ1v) is 6.64. The van der Waals surface area contributed by atoms with Crippen molar-refractivity contribution in [2.75, 3.05) is 13.2 Å². The van der Waals surface area contributed by atoms with Gasteiger partial charge in [0, 0.05) is 13.0 Å². The van der Waals surface area contributed by atoms with Crippen LogP contribution in [0.2, 0.25) is 0 Å². The molecule has 0 spiro atoms. The van der Waals surface area contributed by atoms with Crippen molar-refractivity contribution in [2.24, 2.45) is 0 Å². The third-order valence-electron chi connectivity index (χ3n) is 2.93. The highest BCUT2D eigenvalue weighted by molar-refractivity contribution is 5.79. The third-order valence-corrected chi connectivity index (χ3v) is 2.93. The zero-order valence-electron chi connectivity index (χ0n) is 10.2. The predicted octanol–water partition coefficient (Wildman–Crippen LogP) is 3.65. The number of carbonyl (C=O) groups is 1. The van der Waals surface area contributed by atoms with Crippen LogP contribution in [0, 0.1) is 0 Å². The summed E-state index contributed by atoms with van der Waals surface area (Å²) in [5.74, 6) is 0.236. The Balaban J connectivity index is 2.20.